The molecule has 1 aromatic rings. The first kappa shape index (κ1) is 15.0. The number of guanidine groups is 1. The second-order valence-corrected chi connectivity index (χ2v) is 5.77. The summed E-state index contributed by atoms with van der Waals surface area (Å²) < 4.78 is 50.1. The van der Waals surface area contributed by atoms with Gasteiger partial charge in [0.25, 0.3) is 5.91 Å². The summed E-state index contributed by atoms with van der Waals surface area (Å²) in [4.78, 5) is 13.8. The quantitative estimate of drug-likeness (QED) is 0.455. The van der Waals surface area contributed by atoms with Gasteiger partial charge >= 0.3 is 0 Å². The lowest BCUT2D eigenvalue weighted by molar-refractivity contribution is 0.0998. The first-order valence-electron chi connectivity index (χ1n) is 4.88. The van der Waals surface area contributed by atoms with Crippen LogP contribution >= 0.6 is 0 Å². The van der Waals surface area contributed by atoms with E-state index in [9.17, 15) is 22.0 Å². The van der Waals surface area contributed by atoms with Crippen molar-refractivity contribution in [3.63, 3.8) is 0 Å². The maximum Gasteiger partial charge on any atom is 0.283 e. The van der Waals surface area contributed by atoms with Gasteiger partial charge in [0, 0.05) is 11.8 Å². The highest BCUT2D eigenvalue weighted by atomic mass is 32.2. The number of nitrogens with two attached hydrogens (primary N) is 2. The van der Waals surface area contributed by atoms with Crippen LogP contribution in [0.15, 0.2) is 16.0 Å². The highest BCUT2D eigenvalue weighted by molar-refractivity contribution is 7.90. The van der Waals surface area contributed by atoms with Gasteiger partial charge in [-0.25, -0.2) is 17.2 Å². The van der Waals surface area contributed by atoms with E-state index in [1.54, 1.807) is 0 Å². The molecule has 0 heterocycles. The number of hydrogen-bond donors (Lipinski definition) is 2. The van der Waals surface area contributed by atoms with Gasteiger partial charge in [0.2, 0.25) is 0 Å². The molecule has 9 heteroatoms. The van der Waals surface area contributed by atoms with Gasteiger partial charge < -0.3 is 11.5 Å². The molecule has 0 aliphatic rings. The molecule has 6 nitrogen and oxygen atoms in total. The van der Waals surface area contributed by atoms with Gasteiger partial charge in [-0.3, -0.25) is 4.79 Å². The first-order valence-corrected chi connectivity index (χ1v) is 6.77. The fourth-order valence-electron chi connectivity index (χ4n) is 1.34. The number of nitrogens with zero attached hydrogens (tertiary/aromatic N) is 1. The Bertz CT molecular complexity index is 680. The summed E-state index contributed by atoms with van der Waals surface area (Å²) >= 11 is 0. The van der Waals surface area contributed by atoms with Crippen molar-refractivity contribution < 1.29 is 22.0 Å². The number of carbonyl (C=O) groups is 1. The smallest absolute Gasteiger partial charge is 0.283 e. The molecular formula is C10H11F2N3O3S. The molecule has 1 aromatic carbocycles. The third-order valence-corrected chi connectivity index (χ3v) is 3.34. The van der Waals surface area contributed by atoms with Crippen molar-refractivity contribution >= 4 is 21.7 Å². The number of hydrogen-bond acceptors (Lipinski definition) is 3. The van der Waals surface area contributed by atoms with Gasteiger partial charge in [0.1, 0.15) is 16.5 Å². The molecule has 19 heavy (non-hydrogen) atoms. The van der Waals surface area contributed by atoms with Crippen LogP contribution in [0.2, 0.25) is 0 Å². The second kappa shape index (κ2) is 4.92. The molecule has 0 aromatic heterocycles. The maximum atomic E-state index is 13.7. The molecule has 0 saturated heterocycles. The number of benzene rings is 1. The second-order valence-electron chi connectivity index (χ2n) is 3.79. The third-order valence-electron chi connectivity index (χ3n) is 2.25. The molecule has 0 atom stereocenters. The molecule has 0 aliphatic heterocycles. The van der Waals surface area contributed by atoms with Crippen molar-refractivity contribution in [2.45, 2.75) is 11.8 Å². The topological polar surface area (TPSA) is 116 Å². The summed E-state index contributed by atoms with van der Waals surface area (Å²) in [5.41, 5.74) is 8.61. The summed E-state index contributed by atoms with van der Waals surface area (Å²) in [6.45, 7) is 1.01. The minimum absolute atomic E-state index is 0.571. The highest BCUT2D eigenvalue weighted by Gasteiger charge is 2.24. The molecule has 0 radical (unpaired) electrons. The SMILES string of the molecule is Cc1c(F)c(C(=O)N=C(N)N)cc(S(C)(=O)=O)c1F. The van der Waals surface area contributed by atoms with Crippen LogP contribution in [0.3, 0.4) is 0 Å². The average molecular weight is 291 g/mol. The van der Waals surface area contributed by atoms with Crippen molar-refractivity contribution in [2.75, 3.05) is 6.26 Å². The molecule has 4 N–H and O–H groups in total. The molecule has 0 unspecified atom stereocenters. The summed E-state index contributed by atoms with van der Waals surface area (Å²) in [7, 11) is -3.96. The van der Waals surface area contributed by atoms with Crippen LogP contribution in [0, 0.1) is 18.6 Å². The number of halogens is 2. The molecule has 1 rings (SSSR count). The van der Waals surface area contributed by atoms with Crippen LogP contribution in [0.1, 0.15) is 15.9 Å². The number of amides is 1. The fraction of sp³-hybridized carbons (Fsp3) is 0.200. The number of sulfone groups is 1. The van der Waals surface area contributed by atoms with Crippen LogP contribution in [-0.4, -0.2) is 26.5 Å². The van der Waals surface area contributed by atoms with Crippen molar-refractivity contribution in [3.05, 3.63) is 28.8 Å². The normalized spacial score (nSPS) is 11.2. The van der Waals surface area contributed by atoms with Gasteiger partial charge in [-0.2, -0.15) is 4.99 Å². The maximum absolute atomic E-state index is 13.7. The van der Waals surface area contributed by atoms with Crippen LogP contribution < -0.4 is 11.5 Å². The lowest BCUT2D eigenvalue weighted by Gasteiger charge is -2.08. The molecule has 0 bridgehead atoms. The zero-order chi connectivity index (χ0) is 15.0. The Balaban J connectivity index is 3.65. The van der Waals surface area contributed by atoms with Crippen molar-refractivity contribution in [1.82, 2.24) is 0 Å². The number of rotatable bonds is 2. The zero-order valence-electron chi connectivity index (χ0n) is 10.1. The van der Waals surface area contributed by atoms with Gasteiger partial charge in [-0.05, 0) is 13.0 Å². The van der Waals surface area contributed by atoms with Crippen molar-refractivity contribution in [1.29, 1.82) is 0 Å². The van der Waals surface area contributed by atoms with Crippen LogP contribution in [0.25, 0.3) is 0 Å². The van der Waals surface area contributed by atoms with E-state index in [0.29, 0.717) is 6.07 Å². The Morgan fingerprint density at radius 2 is 1.79 bits per heavy atom. The monoisotopic (exact) mass is 291 g/mol. The van der Waals surface area contributed by atoms with Crippen LogP contribution in [0.4, 0.5) is 8.78 Å². The van der Waals surface area contributed by atoms with Crippen molar-refractivity contribution in [3.8, 4) is 0 Å². The number of carbonyl (C=O) groups excluding carboxylic acids is 1. The van der Waals surface area contributed by atoms with Gasteiger partial charge in [0.15, 0.2) is 15.8 Å². The molecule has 0 saturated carbocycles. The van der Waals surface area contributed by atoms with E-state index in [1.165, 1.54) is 0 Å². The lowest BCUT2D eigenvalue weighted by atomic mass is 10.1. The Hall–Kier alpha value is -2.03. The Labute approximate surface area is 108 Å². The van der Waals surface area contributed by atoms with Gasteiger partial charge in [-0.1, -0.05) is 0 Å². The van der Waals surface area contributed by atoms with E-state index in [4.69, 9.17) is 11.5 Å². The minimum Gasteiger partial charge on any atom is -0.370 e. The van der Waals surface area contributed by atoms with E-state index >= 15 is 0 Å². The molecule has 1 amide bonds. The first-order chi connectivity index (χ1) is 8.55. The van der Waals surface area contributed by atoms with E-state index in [2.05, 4.69) is 4.99 Å². The zero-order valence-corrected chi connectivity index (χ0v) is 10.9. The Morgan fingerprint density at radius 3 is 2.21 bits per heavy atom. The Morgan fingerprint density at radius 1 is 1.26 bits per heavy atom. The predicted octanol–water partition coefficient (Wildman–Crippen LogP) is 0.0903. The van der Waals surface area contributed by atoms with Crippen LogP contribution in [-0.2, 0) is 9.84 Å². The summed E-state index contributed by atoms with van der Waals surface area (Å²) in [6, 6.07) is 0.571. The van der Waals surface area contributed by atoms with E-state index in [1.807, 2.05) is 0 Å². The van der Waals surface area contributed by atoms with Gasteiger partial charge in [-0.15, -0.1) is 0 Å². The van der Waals surface area contributed by atoms with E-state index in [-0.39, 0.29) is 0 Å². The molecule has 0 aliphatic carbocycles. The largest absolute Gasteiger partial charge is 0.370 e. The van der Waals surface area contributed by atoms with Crippen LogP contribution in [0.5, 0.6) is 0 Å². The van der Waals surface area contributed by atoms with Gasteiger partial charge in [0.05, 0.1) is 5.56 Å². The number of aliphatic imine (C=N–C) groups is 1. The fourth-order valence-corrected chi connectivity index (χ4v) is 2.15. The summed E-state index contributed by atoms with van der Waals surface area (Å²) in [6.07, 6.45) is 0.734. The van der Waals surface area contributed by atoms with E-state index < -0.39 is 49.4 Å². The lowest BCUT2D eigenvalue weighted by Crippen LogP contribution is -2.24. The highest BCUT2D eigenvalue weighted by Crippen LogP contribution is 2.24. The predicted molar refractivity (Wildman–Crippen MR) is 64.3 cm³/mol. The summed E-state index contributed by atoms with van der Waals surface area (Å²) in [5, 5.41) is 0. The average Bonchev–Trinajstić information content (AvgIpc) is 2.23. The molecule has 0 fully saturated rings. The molecular weight excluding hydrogens is 280 g/mol. The molecule has 104 valence electrons. The molecule has 0 spiro atoms. The summed E-state index contributed by atoms with van der Waals surface area (Å²) in [5.74, 6) is -4.26. The van der Waals surface area contributed by atoms with E-state index in [0.717, 1.165) is 13.2 Å². The minimum atomic E-state index is -3.96. The third kappa shape index (κ3) is 3.05. The standard InChI is InChI=1S/C10H11F2N3O3S/c1-4-7(11)5(9(16)15-10(13)14)3-6(8(4)12)19(2,17)18/h3H,1-2H3,(H4,13,14,15,16). The Kier molecular flexibility index (Phi) is 3.89. The van der Waals surface area contributed by atoms with Crippen molar-refractivity contribution in [2.24, 2.45) is 16.5 Å².